The predicted octanol–water partition coefficient (Wildman–Crippen LogP) is 4.21. The average Bonchev–Trinajstić information content (AvgIpc) is 2.29. The molecule has 0 aliphatic heterocycles. The van der Waals surface area contributed by atoms with Gasteiger partial charge in [-0.2, -0.15) is 0 Å². The third-order valence-electron chi connectivity index (χ3n) is 4.27. The smallest absolute Gasteiger partial charge is 0.126 e. The van der Waals surface area contributed by atoms with Crippen molar-refractivity contribution < 1.29 is 9.50 Å². The zero-order chi connectivity index (χ0) is 13.3. The first-order chi connectivity index (χ1) is 8.39. The molecule has 3 atom stereocenters. The molecule has 1 N–H and O–H groups in total. The van der Waals surface area contributed by atoms with Gasteiger partial charge in [-0.25, -0.2) is 4.39 Å². The summed E-state index contributed by atoms with van der Waals surface area (Å²) in [5, 5.41) is 11.1. The highest BCUT2D eigenvalue weighted by Crippen LogP contribution is 2.38. The van der Waals surface area contributed by atoms with Gasteiger partial charge in [-0.05, 0) is 54.9 Å². The van der Waals surface area contributed by atoms with E-state index in [9.17, 15) is 9.50 Å². The average molecular weight is 271 g/mol. The lowest BCUT2D eigenvalue weighted by atomic mass is 9.71. The zero-order valence-electron chi connectivity index (χ0n) is 10.9. The highest BCUT2D eigenvalue weighted by molar-refractivity contribution is 6.30. The van der Waals surface area contributed by atoms with Crippen LogP contribution in [-0.2, 0) is 6.42 Å². The van der Waals surface area contributed by atoms with Crippen LogP contribution in [0.2, 0.25) is 5.02 Å². The molecule has 0 radical (unpaired) electrons. The van der Waals surface area contributed by atoms with Crippen molar-refractivity contribution in [3.05, 3.63) is 34.6 Å². The summed E-state index contributed by atoms with van der Waals surface area (Å²) in [7, 11) is 0. The van der Waals surface area contributed by atoms with E-state index in [1.54, 1.807) is 6.07 Å². The molecule has 0 aromatic heterocycles. The van der Waals surface area contributed by atoms with Crippen LogP contribution in [0.25, 0.3) is 0 Å². The maximum Gasteiger partial charge on any atom is 0.126 e. The maximum atomic E-state index is 13.7. The van der Waals surface area contributed by atoms with Crippen molar-refractivity contribution in [2.75, 3.05) is 0 Å². The number of rotatable bonds is 2. The molecule has 1 saturated carbocycles. The Bertz CT molecular complexity index is 435. The van der Waals surface area contributed by atoms with Crippen LogP contribution in [0.5, 0.6) is 0 Å². The van der Waals surface area contributed by atoms with Gasteiger partial charge in [0.1, 0.15) is 5.82 Å². The molecule has 0 spiro atoms. The van der Waals surface area contributed by atoms with E-state index in [4.69, 9.17) is 11.6 Å². The topological polar surface area (TPSA) is 20.2 Å². The molecular formula is C15H20ClFO. The van der Waals surface area contributed by atoms with Crippen LogP contribution >= 0.6 is 11.6 Å². The van der Waals surface area contributed by atoms with Crippen molar-refractivity contribution in [2.45, 2.75) is 45.1 Å². The summed E-state index contributed by atoms with van der Waals surface area (Å²) in [6, 6.07) is 4.53. The summed E-state index contributed by atoms with van der Waals surface area (Å²) in [4.78, 5) is 0. The Morgan fingerprint density at radius 3 is 2.78 bits per heavy atom. The van der Waals surface area contributed by atoms with Gasteiger partial charge in [0.15, 0.2) is 0 Å². The van der Waals surface area contributed by atoms with Gasteiger partial charge in [0.25, 0.3) is 0 Å². The lowest BCUT2D eigenvalue weighted by molar-refractivity contribution is -0.0285. The summed E-state index contributed by atoms with van der Waals surface area (Å²) < 4.78 is 13.7. The lowest BCUT2D eigenvalue weighted by Crippen LogP contribution is -2.39. The third-order valence-corrected chi connectivity index (χ3v) is 4.50. The summed E-state index contributed by atoms with van der Waals surface area (Å²) in [5.41, 5.74) is -0.260. The van der Waals surface area contributed by atoms with E-state index in [2.05, 4.69) is 13.8 Å². The number of halogens is 2. The predicted molar refractivity (Wildman–Crippen MR) is 72.2 cm³/mol. The van der Waals surface area contributed by atoms with Gasteiger partial charge in [0.2, 0.25) is 0 Å². The van der Waals surface area contributed by atoms with E-state index in [-0.39, 0.29) is 5.82 Å². The number of aliphatic hydroxyl groups is 1. The fourth-order valence-electron chi connectivity index (χ4n) is 2.88. The van der Waals surface area contributed by atoms with Gasteiger partial charge < -0.3 is 5.11 Å². The normalized spacial score (nSPS) is 32.5. The fourth-order valence-corrected chi connectivity index (χ4v) is 3.07. The van der Waals surface area contributed by atoms with Crippen LogP contribution in [0.15, 0.2) is 18.2 Å². The van der Waals surface area contributed by atoms with Crippen LogP contribution in [0.3, 0.4) is 0 Å². The zero-order valence-corrected chi connectivity index (χ0v) is 11.7. The van der Waals surface area contributed by atoms with Crippen molar-refractivity contribution in [3.63, 3.8) is 0 Å². The van der Waals surface area contributed by atoms with Crippen molar-refractivity contribution in [3.8, 4) is 0 Å². The maximum absolute atomic E-state index is 13.7. The molecular weight excluding hydrogens is 251 g/mol. The van der Waals surface area contributed by atoms with Gasteiger partial charge in [-0.1, -0.05) is 25.4 Å². The Morgan fingerprint density at radius 1 is 1.39 bits per heavy atom. The Hall–Kier alpha value is -0.600. The van der Waals surface area contributed by atoms with Gasteiger partial charge in [0.05, 0.1) is 5.60 Å². The molecule has 100 valence electrons. The molecule has 1 aliphatic rings. The van der Waals surface area contributed by atoms with Crippen molar-refractivity contribution in [1.29, 1.82) is 0 Å². The highest BCUT2D eigenvalue weighted by Gasteiger charge is 2.36. The van der Waals surface area contributed by atoms with E-state index in [1.165, 1.54) is 12.1 Å². The highest BCUT2D eigenvalue weighted by atomic mass is 35.5. The fraction of sp³-hybridized carbons (Fsp3) is 0.600. The van der Waals surface area contributed by atoms with Crippen LogP contribution in [0, 0.1) is 17.7 Å². The molecule has 18 heavy (non-hydrogen) atoms. The molecule has 1 aromatic rings. The molecule has 1 aliphatic carbocycles. The first kappa shape index (κ1) is 13.8. The second-order valence-electron chi connectivity index (χ2n) is 5.83. The number of hydrogen-bond donors (Lipinski definition) is 1. The molecule has 1 fully saturated rings. The SMILES string of the molecule is CC1CCC(O)(Cc2cc(Cl)ccc2F)CC1C. The minimum Gasteiger partial charge on any atom is -0.390 e. The van der Waals surface area contributed by atoms with Gasteiger partial charge in [0, 0.05) is 11.4 Å². The van der Waals surface area contributed by atoms with Crippen LogP contribution in [0.1, 0.15) is 38.7 Å². The van der Waals surface area contributed by atoms with Gasteiger partial charge >= 0.3 is 0 Å². The lowest BCUT2D eigenvalue weighted by Gasteiger charge is -2.39. The summed E-state index contributed by atoms with van der Waals surface area (Å²) in [6.45, 7) is 4.37. The molecule has 2 rings (SSSR count). The molecule has 0 bridgehead atoms. The summed E-state index contributed by atoms with van der Waals surface area (Å²) in [5.74, 6) is 0.833. The van der Waals surface area contributed by atoms with E-state index < -0.39 is 5.60 Å². The second kappa shape index (κ2) is 5.18. The monoisotopic (exact) mass is 270 g/mol. The largest absolute Gasteiger partial charge is 0.390 e. The molecule has 0 heterocycles. The summed E-state index contributed by atoms with van der Waals surface area (Å²) in [6.07, 6.45) is 2.83. The van der Waals surface area contributed by atoms with Crippen molar-refractivity contribution >= 4 is 11.6 Å². The van der Waals surface area contributed by atoms with Crippen LogP contribution in [0.4, 0.5) is 4.39 Å². The Balaban J connectivity index is 2.15. The molecule has 1 nitrogen and oxygen atoms in total. The van der Waals surface area contributed by atoms with Crippen LogP contribution < -0.4 is 0 Å². The number of benzene rings is 1. The van der Waals surface area contributed by atoms with E-state index in [0.717, 1.165) is 19.3 Å². The van der Waals surface area contributed by atoms with Crippen molar-refractivity contribution in [1.82, 2.24) is 0 Å². The Labute approximate surface area is 113 Å². The number of hydrogen-bond acceptors (Lipinski definition) is 1. The molecule has 1 aromatic carbocycles. The first-order valence-electron chi connectivity index (χ1n) is 6.56. The quantitative estimate of drug-likeness (QED) is 0.854. The van der Waals surface area contributed by atoms with E-state index in [1.807, 2.05) is 0 Å². The van der Waals surface area contributed by atoms with E-state index >= 15 is 0 Å². The minimum absolute atomic E-state index is 0.279. The standard InChI is InChI=1S/C15H20ClFO/c1-10-5-6-15(18,8-11(10)2)9-12-7-13(16)3-4-14(12)17/h3-4,7,10-11,18H,5-6,8-9H2,1-2H3. The minimum atomic E-state index is -0.780. The Morgan fingerprint density at radius 2 is 2.11 bits per heavy atom. The van der Waals surface area contributed by atoms with Gasteiger partial charge in [-0.3, -0.25) is 0 Å². The van der Waals surface area contributed by atoms with E-state index in [0.29, 0.717) is 28.8 Å². The molecule has 3 unspecified atom stereocenters. The summed E-state index contributed by atoms with van der Waals surface area (Å²) >= 11 is 5.88. The Kier molecular flexibility index (Phi) is 3.98. The molecule has 0 saturated heterocycles. The first-order valence-corrected chi connectivity index (χ1v) is 6.94. The molecule has 3 heteroatoms. The van der Waals surface area contributed by atoms with Crippen molar-refractivity contribution in [2.24, 2.45) is 11.8 Å². The third kappa shape index (κ3) is 3.04. The van der Waals surface area contributed by atoms with Crippen LogP contribution in [-0.4, -0.2) is 10.7 Å². The van der Waals surface area contributed by atoms with Gasteiger partial charge in [-0.15, -0.1) is 0 Å². The molecule has 0 amide bonds. The second-order valence-corrected chi connectivity index (χ2v) is 6.27.